The summed E-state index contributed by atoms with van der Waals surface area (Å²) in [4.78, 5) is 16.9. The van der Waals surface area contributed by atoms with Crippen LogP contribution in [0.25, 0.3) is 0 Å². The number of hydrogen-bond donors (Lipinski definition) is 0. The first-order chi connectivity index (χ1) is 7.79. The summed E-state index contributed by atoms with van der Waals surface area (Å²) in [5, 5.41) is 8.78. The molecule has 2 rings (SSSR count). The molecule has 0 aromatic carbocycles. The lowest BCUT2D eigenvalue weighted by Crippen LogP contribution is -2.42. The van der Waals surface area contributed by atoms with Gasteiger partial charge in [-0.1, -0.05) is 6.07 Å². The molecule has 1 saturated heterocycles. The number of rotatable bonds is 2. The number of carbonyl (C=O) groups excluding carboxylic acids is 1. The van der Waals surface area contributed by atoms with Gasteiger partial charge in [-0.25, -0.2) is 4.79 Å². The van der Waals surface area contributed by atoms with E-state index in [1.54, 1.807) is 12.4 Å². The van der Waals surface area contributed by atoms with Crippen molar-refractivity contribution >= 4 is 6.09 Å². The average molecular weight is 217 g/mol. The number of nitriles is 1. The van der Waals surface area contributed by atoms with Gasteiger partial charge >= 0.3 is 6.09 Å². The minimum Gasteiger partial charge on any atom is -0.448 e. The van der Waals surface area contributed by atoms with Crippen LogP contribution in [0.2, 0.25) is 0 Å². The van der Waals surface area contributed by atoms with Gasteiger partial charge in [0, 0.05) is 18.9 Å². The van der Waals surface area contributed by atoms with Crippen molar-refractivity contribution in [3.8, 4) is 6.07 Å². The molecule has 1 aromatic heterocycles. The maximum Gasteiger partial charge on any atom is 0.410 e. The van der Waals surface area contributed by atoms with E-state index < -0.39 is 0 Å². The summed E-state index contributed by atoms with van der Waals surface area (Å²) in [6.07, 6.45) is 3.01. The lowest BCUT2D eigenvalue weighted by molar-refractivity contribution is 0.0536. The molecule has 0 bridgehead atoms. The number of cyclic esters (lactones) is 1. The Labute approximate surface area is 93.3 Å². The van der Waals surface area contributed by atoms with E-state index in [9.17, 15) is 4.79 Å². The maximum absolute atomic E-state index is 11.4. The van der Waals surface area contributed by atoms with Crippen molar-refractivity contribution in [3.63, 3.8) is 0 Å². The smallest absolute Gasteiger partial charge is 0.410 e. The molecule has 1 unspecified atom stereocenters. The maximum atomic E-state index is 11.4. The first-order valence-corrected chi connectivity index (χ1v) is 5.00. The lowest BCUT2D eigenvalue weighted by Gasteiger charge is -2.28. The van der Waals surface area contributed by atoms with Crippen molar-refractivity contribution in [3.05, 3.63) is 30.1 Å². The molecule has 2 heterocycles. The SMILES string of the molecule is N#CC1COC(=O)N(Cc2cccnc2)C1. The Morgan fingerprint density at radius 3 is 3.25 bits per heavy atom. The Morgan fingerprint density at radius 2 is 2.56 bits per heavy atom. The third-order valence-electron chi connectivity index (χ3n) is 2.39. The van der Waals surface area contributed by atoms with Gasteiger partial charge in [0.1, 0.15) is 6.61 Å². The van der Waals surface area contributed by atoms with Crippen LogP contribution < -0.4 is 0 Å². The average Bonchev–Trinajstić information content (AvgIpc) is 2.33. The summed E-state index contributed by atoms with van der Waals surface area (Å²) < 4.78 is 4.91. The number of aromatic nitrogens is 1. The van der Waals surface area contributed by atoms with Gasteiger partial charge in [0.25, 0.3) is 0 Å². The van der Waals surface area contributed by atoms with Crippen molar-refractivity contribution < 1.29 is 9.53 Å². The molecule has 1 atom stereocenters. The minimum absolute atomic E-state index is 0.193. The van der Waals surface area contributed by atoms with E-state index in [4.69, 9.17) is 10.00 Å². The standard InChI is InChI=1S/C11H11N3O2/c12-4-10-7-14(11(15)16-8-10)6-9-2-1-3-13-5-9/h1-3,5,10H,6-8H2. The van der Waals surface area contributed by atoms with Gasteiger partial charge in [0.2, 0.25) is 0 Å². The van der Waals surface area contributed by atoms with Crippen molar-refractivity contribution in [1.82, 2.24) is 9.88 Å². The van der Waals surface area contributed by atoms with Crippen LogP contribution >= 0.6 is 0 Å². The summed E-state index contributed by atoms with van der Waals surface area (Å²) in [6, 6.07) is 5.80. The zero-order chi connectivity index (χ0) is 11.4. The van der Waals surface area contributed by atoms with E-state index in [1.165, 1.54) is 4.90 Å². The number of pyridine rings is 1. The molecule has 0 aliphatic carbocycles. The third kappa shape index (κ3) is 2.28. The van der Waals surface area contributed by atoms with Crippen LogP contribution in [0.5, 0.6) is 0 Å². The molecule has 0 spiro atoms. The molecular weight excluding hydrogens is 206 g/mol. The van der Waals surface area contributed by atoms with Crippen molar-refractivity contribution in [1.29, 1.82) is 5.26 Å². The molecule has 5 nitrogen and oxygen atoms in total. The third-order valence-corrected chi connectivity index (χ3v) is 2.39. The molecule has 0 radical (unpaired) electrons. The number of hydrogen-bond acceptors (Lipinski definition) is 4. The fraction of sp³-hybridized carbons (Fsp3) is 0.364. The minimum atomic E-state index is -0.365. The van der Waals surface area contributed by atoms with Crippen molar-refractivity contribution in [2.45, 2.75) is 6.54 Å². The highest BCUT2D eigenvalue weighted by molar-refractivity contribution is 5.68. The Hall–Kier alpha value is -2.09. The van der Waals surface area contributed by atoms with Crippen LogP contribution in [0.1, 0.15) is 5.56 Å². The second-order valence-corrected chi connectivity index (χ2v) is 3.64. The molecule has 1 fully saturated rings. The van der Waals surface area contributed by atoms with E-state index in [1.807, 2.05) is 12.1 Å². The monoisotopic (exact) mass is 217 g/mol. The molecular formula is C11H11N3O2. The van der Waals surface area contributed by atoms with Gasteiger partial charge in [0.05, 0.1) is 18.5 Å². The van der Waals surface area contributed by atoms with Crippen LogP contribution in [-0.2, 0) is 11.3 Å². The largest absolute Gasteiger partial charge is 0.448 e. The Kier molecular flexibility index (Phi) is 3.01. The first-order valence-electron chi connectivity index (χ1n) is 5.00. The molecule has 82 valence electrons. The molecule has 1 aliphatic rings. The predicted molar refractivity (Wildman–Crippen MR) is 55.1 cm³/mol. The molecule has 5 heteroatoms. The second kappa shape index (κ2) is 4.62. The second-order valence-electron chi connectivity index (χ2n) is 3.64. The van der Waals surface area contributed by atoms with Crippen molar-refractivity contribution in [2.24, 2.45) is 5.92 Å². The van der Waals surface area contributed by atoms with Gasteiger partial charge < -0.3 is 9.64 Å². The zero-order valence-corrected chi connectivity index (χ0v) is 8.67. The summed E-state index contributed by atoms with van der Waals surface area (Å²) in [5.74, 6) is -0.241. The Balaban J connectivity index is 2.03. The van der Waals surface area contributed by atoms with Crippen LogP contribution in [0.4, 0.5) is 4.79 Å². The molecule has 16 heavy (non-hydrogen) atoms. The van der Waals surface area contributed by atoms with Gasteiger partial charge in [-0.05, 0) is 11.6 Å². The van der Waals surface area contributed by atoms with E-state index >= 15 is 0 Å². The highest BCUT2D eigenvalue weighted by Gasteiger charge is 2.26. The molecule has 1 aromatic rings. The van der Waals surface area contributed by atoms with Crippen LogP contribution in [-0.4, -0.2) is 29.1 Å². The summed E-state index contributed by atoms with van der Waals surface area (Å²) in [6.45, 7) is 1.05. The van der Waals surface area contributed by atoms with Crippen LogP contribution in [0.3, 0.4) is 0 Å². The summed E-state index contributed by atoms with van der Waals surface area (Å²) in [7, 11) is 0. The molecule has 0 N–H and O–H groups in total. The number of ether oxygens (including phenoxy) is 1. The van der Waals surface area contributed by atoms with E-state index in [-0.39, 0.29) is 18.6 Å². The molecule has 1 amide bonds. The lowest BCUT2D eigenvalue weighted by atomic mass is 10.1. The van der Waals surface area contributed by atoms with Gasteiger partial charge in [-0.2, -0.15) is 5.26 Å². The highest BCUT2D eigenvalue weighted by atomic mass is 16.6. The predicted octanol–water partition coefficient (Wildman–Crippen LogP) is 1.17. The molecule has 1 aliphatic heterocycles. The van der Waals surface area contributed by atoms with Crippen LogP contribution in [0, 0.1) is 17.2 Å². The summed E-state index contributed by atoms with van der Waals surface area (Å²) >= 11 is 0. The number of amides is 1. The zero-order valence-electron chi connectivity index (χ0n) is 8.67. The van der Waals surface area contributed by atoms with Crippen molar-refractivity contribution in [2.75, 3.05) is 13.2 Å². The Morgan fingerprint density at radius 1 is 1.69 bits per heavy atom. The number of nitrogens with zero attached hydrogens (tertiary/aromatic N) is 3. The number of carbonyl (C=O) groups is 1. The normalized spacial score (nSPS) is 20.1. The fourth-order valence-corrected chi connectivity index (χ4v) is 1.58. The van der Waals surface area contributed by atoms with Gasteiger partial charge in [0.15, 0.2) is 0 Å². The Bertz CT molecular complexity index is 413. The van der Waals surface area contributed by atoms with E-state index in [0.717, 1.165) is 5.56 Å². The van der Waals surface area contributed by atoms with E-state index in [2.05, 4.69) is 11.1 Å². The highest BCUT2D eigenvalue weighted by Crippen LogP contribution is 2.13. The summed E-state index contributed by atoms with van der Waals surface area (Å²) in [5.41, 5.74) is 0.929. The van der Waals surface area contributed by atoms with Gasteiger partial charge in [-0.15, -0.1) is 0 Å². The fourth-order valence-electron chi connectivity index (χ4n) is 1.58. The quantitative estimate of drug-likeness (QED) is 0.745. The van der Waals surface area contributed by atoms with E-state index in [0.29, 0.717) is 13.1 Å². The molecule has 0 saturated carbocycles. The topological polar surface area (TPSA) is 66.2 Å². The van der Waals surface area contributed by atoms with Crippen LogP contribution in [0.15, 0.2) is 24.5 Å². The first kappa shape index (κ1) is 10.4. The van der Waals surface area contributed by atoms with Gasteiger partial charge in [-0.3, -0.25) is 4.98 Å².